The molecule has 1 aliphatic heterocycles. The van der Waals surface area contributed by atoms with E-state index in [0.29, 0.717) is 0 Å². The molecule has 1 aromatic carbocycles. The number of aryl methyl sites for hydroxylation is 2. The van der Waals surface area contributed by atoms with Gasteiger partial charge in [0.2, 0.25) is 5.91 Å². The summed E-state index contributed by atoms with van der Waals surface area (Å²) in [6, 6.07) is 5.05. The van der Waals surface area contributed by atoms with Crippen molar-refractivity contribution >= 4 is 17.5 Å². The zero-order valence-corrected chi connectivity index (χ0v) is 13.4. The van der Waals surface area contributed by atoms with Gasteiger partial charge in [-0.15, -0.1) is 0 Å². The Labute approximate surface area is 126 Å². The van der Waals surface area contributed by atoms with Gasteiger partial charge in [-0.25, -0.2) is 0 Å². The van der Waals surface area contributed by atoms with E-state index in [1.165, 1.54) is 0 Å². The van der Waals surface area contributed by atoms with Gasteiger partial charge in [0.15, 0.2) is 0 Å². The number of piperazine rings is 1. The van der Waals surface area contributed by atoms with Crippen molar-refractivity contribution in [1.82, 2.24) is 5.32 Å². The molecule has 2 amide bonds. The summed E-state index contributed by atoms with van der Waals surface area (Å²) in [5.74, 6) is 0.0329. The van der Waals surface area contributed by atoms with Gasteiger partial charge < -0.3 is 5.32 Å². The van der Waals surface area contributed by atoms with E-state index in [-0.39, 0.29) is 17.7 Å². The number of nitrogens with zero attached hydrogens (tertiary/aromatic N) is 1. The fourth-order valence-electron chi connectivity index (χ4n) is 2.82. The SMILES string of the molecule is CCC(C)C1NC(=O)C(C)N(c2ccc(C)cc2C)C1=O. The van der Waals surface area contributed by atoms with Gasteiger partial charge in [-0.05, 0) is 38.3 Å². The van der Waals surface area contributed by atoms with Crippen LogP contribution in [-0.4, -0.2) is 23.9 Å². The number of carbonyl (C=O) groups excluding carboxylic acids is 2. The minimum absolute atomic E-state index is 0.0107. The van der Waals surface area contributed by atoms with E-state index < -0.39 is 12.1 Å². The topological polar surface area (TPSA) is 49.4 Å². The molecule has 1 heterocycles. The predicted molar refractivity (Wildman–Crippen MR) is 84.2 cm³/mol. The Morgan fingerprint density at radius 3 is 2.52 bits per heavy atom. The van der Waals surface area contributed by atoms with E-state index in [1.54, 1.807) is 11.8 Å². The fourth-order valence-corrected chi connectivity index (χ4v) is 2.82. The third-order valence-corrected chi connectivity index (χ3v) is 4.39. The molecule has 1 saturated heterocycles. The lowest BCUT2D eigenvalue weighted by molar-refractivity contribution is -0.134. The molecule has 0 spiro atoms. The van der Waals surface area contributed by atoms with Gasteiger partial charge in [0.05, 0.1) is 0 Å². The van der Waals surface area contributed by atoms with Crippen LogP contribution in [0.25, 0.3) is 0 Å². The molecular formula is C17H24N2O2. The van der Waals surface area contributed by atoms with Crippen molar-refractivity contribution in [3.8, 4) is 0 Å². The standard InChI is InChI=1S/C17H24N2O2/c1-6-11(3)15-17(21)19(13(5)16(20)18-15)14-8-7-10(2)9-12(14)4/h7-9,11,13,15H,6H2,1-5H3,(H,18,20). The van der Waals surface area contributed by atoms with Crippen molar-refractivity contribution in [1.29, 1.82) is 0 Å². The van der Waals surface area contributed by atoms with E-state index in [2.05, 4.69) is 5.32 Å². The molecule has 1 N–H and O–H groups in total. The summed E-state index contributed by atoms with van der Waals surface area (Å²) in [7, 11) is 0. The third kappa shape index (κ3) is 2.80. The summed E-state index contributed by atoms with van der Waals surface area (Å²) in [4.78, 5) is 26.7. The van der Waals surface area contributed by atoms with Crippen LogP contribution in [-0.2, 0) is 9.59 Å². The summed E-state index contributed by atoms with van der Waals surface area (Å²) in [5.41, 5.74) is 3.00. The van der Waals surface area contributed by atoms with Gasteiger partial charge in [0.25, 0.3) is 5.91 Å². The molecule has 0 aliphatic carbocycles. The number of hydrogen-bond acceptors (Lipinski definition) is 2. The van der Waals surface area contributed by atoms with Gasteiger partial charge in [0, 0.05) is 5.69 Å². The fraction of sp³-hybridized carbons (Fsp3) is 0.529. The van der Waals surface area contributed by atoms with E-state index in [0.717, 1.165) is 23.2 Å². The Hall–Kier alpha value is -1.84. The molecule has 1 aliphatic rings. The average Bonchev–Trinajstić information content (AvgIpc) is 2.44. The van der Waals surface area contributed by atoms with Crippen molar-refractivity contribution < 1.29 is 9.59 Å². The molecule has 0 saturated carbocycles. The van der Waals surface area contributed by atoms with E-state index in [9.17, 15) is 9.59 Å². The normalized spacial score (nSPS) is 24.0. The molecule has 1 fully saturated rings. The molecule has 4 nitrogen and oxygen atoms in total. The van der Waals surface area contributed by atoms with Crippen molar-refractivity contribution in [2.75, 3.05) is 4.90 Å². The molecule has 3 atom stereocenters. The molecule has 114 valence electrons. The van der Waals surface area contributed by atoms with Crippen molar-refractivity contribution in [2.45, 2.75) is 53.1 Å². The Morgan fingerprint density at radius 1 is 1.29 bits per heavy atom. The minimum atomic E-state index is -0.473. The minimum Gasteiger partial charge on any atom is -0.342 e. The molecule has 1 aromatic rings. The number of amides is 2. The second kappa shape index (κ2) is 5.88. The Morgan fingerprint density at radius 2 is 1.95 bits per heavy atom. The number of rotatable bonds is 3. The molecule has 21 heavy (non-hydrogen) atoms. The van der Waals surface area contributed by atoms with Crippen LogP contribution in [0.15, 0.2) is 18.2 Å². The molecule has 4 heteroatoms. The van der Waals surface area contributed by atoms with Crippen LogP contribution in [0.4, 0.5) is 5.69 Å². The van der Waals surface area contributed by atoms with E-state index >= 15 is 0 Å². The monoisotopic (exact) mass is 288 g/mol. The van der Waals surface area contributed by atoms with Crippen LogP contribution >= 0.6 is 0 Å². The lowest BCUT2D eigenvalue weighted by atomic mass is 9.93. The van der Waals surface area contributed by atoms with Gasteiger partial charge in [0.1, 0.15) is 12.1 Å². The number of hydrogen-bond donors (Lipinski definition) is 1. The van der Waals surface area contributed by atoms with Crippen LogP contribution in [0.1, 0.15) is 38.3 Å². The highest BCUT2D eigenvalue weighted by molar-refractivity contribution is 6.08. The molecular weight excluding hydrogens is 264 g/mol. The maximum absolute atomic E-state index is 12.8. The van der Waals surface area contributed by atoms with Crippen molar-refractivity contribution in [3.05, 3.63) is 29.3 Å². The zero-order chi connectivity index (χ0) is 15.7. The first-order chi connectivity index (χ1) is 9.86. The summed E-state index contributed by atoms with van der Waals surface area (Å²) >= 11 is 0. The number of anilines is 1. The maximum atomic E-state index is 12.8. The maximum Gasteiger partial charge on any atom is 0.250 e. The third-order valence-electron chi connectivity index (χ3n) is 4.39. The van der Waals surface area contributed by atoms with Crippen molar-refractivity contribution in [3.63, 3.8) is 0 Å². The second-order valence-corrected chi connectivity index (χ2v) is 6.05. The second-order valence-electron chi connectivity index (χ2n) is 6.05. The number of benzene rings is 1. The van der Waals surface area contributed by atoms with Gasteiger partial charge >= 0.3 is 0 Å². The molecule has 3 unspecified atom stereocenters. The first kappa shape index (κ1) is 15.5. The van der Waals surface area contributed by atoms with Crippen LogP contribution in [0.5, 0.6) is 0 Å². The summed E-state index contributed by atoms with van der Waals surface area (Å²) in [6.45, 7) is 9.81. The molecule has 2 rings (SSSR count). The first-order valence-corrected chi connectivity index (χ1v) is 7.57. The zero-order valence-electron chi connectivity index (χ0n) is 13.4. The number of nitrogens with one attached hydrogen (secondary N) is 1. The van der Waals surface area contributed by atoms with Crippen LogP contribution in [0, 0.1) is 19.8 Å². The largest absolute Gasteiger partial charge is 0.342 e. The Kier molecular flexibility index (Phi) is 4.35. The molecule has 0 bridgehead atoms. The lowest BCUT2D eigenvalue weighted by Gasteiger charge is -2.40. The van der Waals surface area contributed by atoms with Crippen LogP contribution < -0.4 is 10.2 Å². The highest BCUT2D eigenvalue weighted by atomic mass is 16.2. The molecule has 0 radical (unpaired) electrons. The van der Waals surface area contributed by atoms with E-state index in [1.807, 2.05) is 45.9 Å². The van der Waals surface area contributed by atoms with E-state index in [4.69, 9.17) is 0 Å². The summed E-state index contributed by atoms with van der Waals surface area (Å²) in [5, 5.41) is 2.87. The van der Waals surface area contributed by atoms with Crippen LogP contribution in [0.3, 0.4) is 0 Å². The lowest BCUT2D eigenvalue weighted by Crippen LogP contribution is -2.64. The predicted octanol–water partition coefficient (Wildman–Crippen LogP) is 2.57. The van der Waals surface area contributed by atoms with Gasteiger partial charge in [-0.1, -0.05) is 38.0 Å². The highest BCUT2D eigenvalue weighted by Gasteiger charge is 2.41. The molecule has 0 aromatic heterocycles. The summed E-state index contributed by atoms with van der Waals surface area (Å²) < 4.78 is 0. The van der Waals surface area contributed by atoms with Crippen molar-refractivity contribution in [2.24, 2.45) is 5.92 Å². The first-order valence-electron chi connectivity index (χ1n) is 7.57. The average molecular weight is 288 g/mol. The van der Waals surface area contributed by atoms with Crippen LogP contribution in [0.2, 0.25) is 0 Å². The van der Waals surface area contributed by atoms with Gasteiger partial charge in [-0.2, -0.15) is 0 Å². The smallest absolute Gasteiger partial charge is 0.250 e. The number of carbonyl (C=O) groups is 2. The Balaban J connectivity index is 2.43. The summed E-state index contributed by atoms with van der Waals surface area (Å²) in [6.07, 6.45) is 0.853. The van der Waals surface area contributed by atoms with Gasteiger partial charge in [-0.3, -0.25) is 14.5 Å². The highest BCUT2D eigenvalue weighted by Crippen LogP contribution is 2.28. The quantitative estimate of drug-likeness (QED) is 0.929. The Bertz CT molecular complexity index is 568.